The third kappa shape index (κ3) is 2.66. The quantitative estimate of drug-likeness (QED) is 0.895. The molecule has 1 fully saturated rings. The van der Waals surface area contributed by atoms with Crippen molar-refractivity contribution in [1.82, 2.24) is 4.90 Å². The number of hydrogen-bond acceptors (Lipinski definition) is 3. The molecule has 3 nitrogen and oxygen atoms in total. The topological polar surface area (TPSA) is 46.3 Å². The van der Waals surface area contributed by atoms with E-state index in [2.05, 4.69) is 6.92 Å². The van der Waals surface area contributed by atoms with Crippen molar-refractivity contribution in [2.45, 2.75) is 13.3 Å². The van der Waals surface area contributed by atoms with Crippen molar-refractivity contribution < 1.29 is 4.79 Å². The Labute approximate surface area is 137 Å². The Morgan fingerprint density at radius 2 is 2.24 bits per heavy atom. The largest absolute Gasteiger partial charge is 0.337 e. The summed E-state index contributed by atoms with van der Waals surface area (Å²) in [6.45, 7) is 4.13. The van der Waals surface area contributed by atoms with Crippen LogP contribution in [0.4, 0.5) is 0 Å². The Morgan fingerprint density at radius 1 is 1.48 bits per heavy atom. The summed E-state index contributed by atoms with van der Waals surface area (Å²) in [6.07, 6.45) is 0.934. The van der Waals surface area contributed by atoms with Gasteiger partial charge in [-0.05, 0) is 30.5 Å². The number of amides is 1. The number of carbonyl (C=O) groups is 1. The van der Waals surface area contributed by atoms with Gasteiger partial charge in [0, 0.05) is 28.2 Å². The molecule has 0 aliphatic carbocycles. The molecule has 3 rings (SSSR count). The fourth-order valence-electron chi connectivity index (χ4n) is 2.68. The number of hydrogen-bond donors (Lipinski definition) is 1. The molecule has 1 aromatic heterocycles. The molecule has 112 valence electrons. The fourth-order valence-corrected chi connectivity index (χ4v) is 4.44. The Balaban J connectivity index is 1.94. The highest BCUT2D eigenvalue weighted by atomic mass is 35.5. The van der Waals surface area contributed by atoms with Gasteiger partial charge in [-0.3, -0.25) is 4.79 Å². The van der Waals surface area contributed by atoms with Gasteiger partial charge in [-0.2, -0.15) is 0 Å². The molecule has 6 heteroatoms. The zero-order valence-electron chi connectivity index (χ0n) is 11.7. The van der Waals surface area contributed by atoms with Crippen LogP contribution in [0.3, 0.4) is 0 Å². The van der Waals surface area contributed by atoms with Gasteiger partial charge in [0.05, 0.1) is 5.02 Å². The van der Waals surface area contributed by atoms with E-state index in [-0.39, 0.29) is 11.3 Å². The van der Waals surface area contributed by atoms with Crippen molar-refractivity contribution in [3.05, 3.63) is 33.1 Å². The molecule has 1 aliphatic heterocycles. The first-order chi connectivity index (χ1) is 9.93. The number of benzene rings is 1. The van der Waals surface area contributed by atoms with Crippen LogP contribution < -0.4 is 5.73 Å². The molecule has 1 unspecified atom stereocenters. The van der Waals surface area contributed by atoms with E-state index in [1.807, 2.05) is 17.0 Å². The lowest BCUT2D eigenvalue weighted by Gasteiger charge is -2.22. The molecule has 0 radical (unpaired) electrons. The van der Waals surface area contributed by atoms with Gasteiger partial charge in [-0.25, -0.2) is 0 Å². The lowest BCUT2D eigenvalue weighted by Crippen LogP contribution is -2.34. The first-order valence-electron chi connectivity index (χ1n) is 6.80. The highest BCUT2D eigenvalue weighted by Gasteiger charge is 2.36. The van der Waals surface area contributed by atoms with Crippen LogP contribution in [0.5, 0.6) is 0 Å². The molecule has 1 atom stereocenters. The molecule has 1 aromatic carbocycles. The second-order valence-corrected chi connectivity index (χ2v) is 7.74. The van der Waals surface area contributed by atoms with E-state index >= 15 is 0 Å². The summed E-state index contributed by atoms with van der Waals surface area (Å²) < 4.78 is 0.941. The van der Waals surface area contributed by atoms with Crippen LogP contribution in [0, 0.1) is 5.41 Å². The molecule has 1 amide bonds. The van der Waals surface area contributed by atoms with Crippen molar-refractivity contribution in [2.24, 2.45) is 11.1 Å². The Bertz CT molecular complexity index is 715. The summed E-state index contributed by atoms with van der Waals surface area (Å²) in [5.41, 5.74) is 5.82. The zero-order valence-corrected chi connectivity index (χ0v) is 14.0. The minimum absolute atomic E-state index is 0.00509. The van der Waals surface area contributed by atoms with Gasteiger partial charge in [-0.1, -0.05) is 36.2 Å². The molecule has 0 spiro atoms. The number of thiophene rings is 1. The minimum atomic E-state index is -0.00509. The summed E-state index contributed by atoms with van der Waals surface area (Å²) in [6, 6.07) is 5.50. The van der Waals surface area contributed by atoms with Gasteiger partial charge in [0.15, 0.2) is 0 Å². The van der Waals surface area contributed by atoms with Gasteiger partial charge in [0.25, 0.3) is 5.91 Å². The van der Waals surface area contributed by atoms with E-state index in [4.69, 9.17) is 28.9 Å². The number of nitrogens with two attached hydrogens (primary N) is 1. The van der Waals surface area contributed by atoms with Crippen LogP contribution in [0.2, 0.25) is 10.0 Å². The van der Waals surface area contributed by atoms with E-state index in [9.17, 15) is 4.79 Å². The average molecular weight is 343 g/mol. The van der Waals surface area contributed by atoms with Gasteiger partial charge in [0.1, 0.15) is 4.88 Å². The van der Waals surface area contributed by atoms with Crippen LogP contribution in [-0.4, -0.2) is 30.4 Å². The predicted octanol–water partition coefficient (Wildman–Crippen LogP) is 4.02. The zero-order chi connectivity index (χ0) is 15.2. The lowest BCUT2D eigenvalue weighted by molar-refractivity contribution is 0.0782. The normalized spacial score (nSPS) is 22.2. The molecule has 1 aliphatic rings. The van der Waals surface area contributed by atoms with Gasteiger partial charge in [0.2, 0.25) is 0 Å². The maximum atomic E-state index is 12.7. The number of carbonyl (C=O) groups excluding carboxylic acids is 1. The molecule has 0 bridgehead atoms. The minimum Gasteiger partial charge on any atom is -0.337 e. The molecule has 2 N–H and O–H groups in total. The smallest absolute Gasteiger partial charge is 0.265 e. The van der Waals surface area contributed by atoms with E-state index in [0.29, 0.717) is 28.0 Å². The Morgan fingerprint density at radius 3 is 2.90 bits per heavy atom. The van der Waals surface area contributed by atoms with Crippen molar-refractivity contribution in [1.29, 1.82) is 0 Å². The van der Waals surface area contributed by atoms with E-state index < -0.39 is 0 Å². The molecular weight excluding hydrogens is 327 g/mol. The van der Waals surface area contributed by atoms with Crippen molar-refractivity contribution in [3.63, 3.8) is 0 Å². The first-order valence-corrected chi connectivity index (χ1v) is 8.38. The predicted molar refractivity (Wildman–Crippen MR) is 89.5 cm³/mol. The number of likely N-dealkylation sites (tertiary alicyclic amines) is 1. The van der Waals surface area contributed by atoms with Crippen LogP contribution in [0.15, 0.2) is 18.2 Å². The maximum Gasteiger partial charge on any atom is 0.265 e. The molecule has 2 aromatic rings. The summed E-state index contributed by atoms with van der Waals surface area (Å²) in [4.78, 5) is 15.1. The number of rotatable bonds is 2. The van der Waals surface area contributed by atoms with Crippen molar-refractivity contribution in [2.75, 3.05) is 19.6 Å². The average Bonchev–Trinajstić information content (AvgIpc) is 3.00. The van der Waals surface area contributed by atoms with Crippen molar-refractivity contribution in [3.8, 4) is 0 Å². The monoisotopic (exact) mass is 342 g/mol. The van der Waals surface area contributed by atoms with E-state index in [1.54, 1.807) is 6.07 Å². The lowest BCUT2D eigenvalue weighted by atomic mass is 9.90. The molecule has 2 heterocycles. The fraction of sp³-hybridized carbons (Fsp3) is 0.400. The summed E-state index contributed by atoms with van der Waals surface area (Å²) in [5, 5.41) is 2.06. The van der Waals surface area contributed by atoms with Gasteiger partial charge in [-0.15, -0.1) is 11.3 Å². The number of nitrogens with zero attached hydrogens (tertiary/aromatic N) is 1. The Hall–Kier alpha value is -0.810. The van der Waals surface area contributed by atoms with E-state index in [0.717, 1.165) is 23.1 Å². The van der Waals surface area contributed by atoms with Gasteiger partial charge < -0.3 is 10.6 Å². The third-order valence-electron chi connectivity index (χ3n) is 4.12. The number of halogens is 2. The second kappa shape index (κ2) is 5.43. The SMILES string of the molecule is CC1(CN)CCN(C(=O)c2sc3cc(Cl)ccc3c2Cl)C1. The van der Waals surface area contributed by atoms with Crippen LogP contribution in [0.25, 0.3) is 10.1 Å². The van der Waals surface area contributed by atoms with Crippen LogP contribution in [0.1, 0.15) is 23.0 Å². The highest BCUT2D eigenvalue weighted by molar-refractivity contribution is 7.21. The third-order valence-corrected chi connectivity index (χ3v) is 6.00. The van der Waals surface area contributed by atoms with Crippen molar-refractivity contribution >= 4 is 50.5 Å². The summed E-state index contributed by atoms with van der Waals surface area (Å²) >= 11 is 13.8. The molecular formula is C15H16Cl2N2OS. The highest BCUT2D eigenvalue weighted by Crippen LogP contribution is 2.39. The molecule has 0 saturated carbocycles. The van der Waals surface area contributed by atoms with Gasteiger partial charge >= 0.3 is 0 Å². The maximum absolute atomic E-state index is 12.7. The molecule has 21 heavy (non-hydrogen) atoms. The summed E-state index contributed by atoms with van der Waals surface area (Å²) in [7, 11) is 0. The summed E-state index contributed by atoms with van der Waals surface area (Å²) in [5.74, 6) is -0.00509. The second-order valence-electron chi connectivity index (χ2n) is 5.88. The standard InChI is InChI=1S/C15H16Cl2N2OS/c1-15(7-18)4-5-19(8-15)14(20)13-12(17)10-3-2-9(16)6-11(10)21-13/h2-3,6H,4-5,7-8,18H2,1H3. The first kappa shape index (κ1) is 15.1. The van der Waals surface area contributed by atoms with Crippen LogP contribution >= 0.6 is 34.5 Å². The Kier molecular flexibility index (Phi) is 3.91. The van der Waals surface area contributed by atoms with E-state index in [1.165, 1.54) is 11.3 Å². The van der Waals surface area contributed by atoms with Crippen LogP contribution in [-0.2, 0) is 0 Å². The molecule has 1 saturated heterocycles. The number of fused-ring (bicyclic) bond motifs is 1.